The minimum Gasteiger partial charge on any atom is -0.399 e. The van der Waals surface area contributed by atoms with Crippen molar-refractivity contribution in [2.45, 2.75) is 4.90 Å². The molecule has 2 aromatic carbocycles. The topological polar surface area (TPSA) is 98.0 Å². The number of anilines is 2. The van der Waals surface area contributed by atoms with Crippen LogP contribution in [0, 0.1) is 0 Å². The Morgan fingerprint density at radius 1 is 1.00 bits per heavy atom. The second-order valence-electron chi connectivity index (χ2n) is 4.46. The maximum Gasteiger partial charge on any atom is 0.263 e. The van der Waals surface area contributed by atoms with E-state index in [2.05, 4.69) is 14.1 Å². The number of nitrogens with zero attached hydrogens (tertiary/aromatic N) is 2. The lowest BCUT2D eigenvalue weighted by atomic mass is 10.2. The molecule has 3 rings (SSSR count). The highest BCUT2D eigenvalue weighted by Gasteiger charge is 2.17. The molecule has 3 aromatic rings. The molecule has 0 spiro atoms. The summed E-state index contributed by atoms with van der Waals surface area (Å²) in [4.78, 5) is 4.32. The molecule has 0 aliphatic heterocycles. The molecule has 0 radical (unpaired) electrons. The SMILES string of the molecule is Nc1ccc(S(=O)(=O)Nc2nc(-c3ccccc3)ns2)cc1. The summed E-state index contributed by atoms with van der Waals surface area (Å²) in [7, 11) is -3.70. The van der Waals surface area contributed by atoms with Crippen molar-refractivity contribution < 1.29 is 8.42 Å². The van der Waals surface area contributed by atoms with Crippen LogP contribution in [0.25, 0.3) is 11.4 Å². The van der Waals surface area contributed by atoms with Gasteiger partial charge in [-0.15, -0.1) is 0 Å². The van der Waals surface area contributed by atoms with Crippen molar-refractivity contribution in [1.82, 2.24) is 9.36 Å². The van der Waals surface area contributed by atoms with Crippen molar-refractivity contribution >= 4 is 32.4 Å². The second kappa shape index (κ2) is 5.74. The van der Waals surface area contributed by atoms with Crippen molar-refractivity contribution in [3.05, 3.63) is 54.6 Å². The van der Waals surface area contributed by atoms with Crippen LogP contribution in [-0.2, 0) is 10.0 Å². The summed E-state index contributed by atoms with van der Waals surface area (Å²) in [5.41, 5.74) is 6.89. The van der Waals surface area contributed by atoms with E-state index in [1.54, 1.807) is 0 Å². The number of hydrogen-bond acceptors (Lipinski definition) is 6. The second-order valence-corrected chi connectivity index (χ2v) is 6.90. The number of nitrogens with two attached hydrogens (primary N) is 1. The standard InChI is InChI=1S/C14H12N4O2S2/c15-11-6-8-12(9-7-11)22(19,20)18-14-16-13(17-21-14)10-4-2-1-3-5-10/h1-9H,15H2,(H,16,17,18). The highest BCUT2D eigenvalue weighted by atomic mass is 32.2. The lowest BCUT2D eigenvalue weighted by Crippen LogP contribution is -2.12. The summed E-state index contributed by atoms with van der Waals surface area (Å²) < 4.78 is 31.1. The lowest BCUT2D eigenvalue weighted by molar-refractivity contribution is 0.601. The van der Waals surface area contributed by atoms with Crippen LogP contribution in [0.1, 0.15) is 0 Å². The molecule has 0 fully saturated rings. The first kappa shape index (κ1) is 14.5. The van der Waals surface area contributed by atoms with Gasteiger partial charge in [0, 0.05) is 22.8 Å². The summed E-state index contributed by atoms with van der Waals surface area (Å²) in [6, 6.07) is 15.3. The number of sulfonamides is 1. The minimum absolute atomic E-state index is 0.123. The van der Waals surface area contributed by atoms with E-state index in [1.807, 2.05) is 30.3 Å². The zero-order chi connectivity index (χ0) is 15.6. The van der Waals surface area contributed by atoms with E-state index >= 15 is 0 Å². The van der Waals surface area contributed by atoms with Crippen LogP contribution in [-0.4, -0.2) is 17.8 Å². The van der Waals surface area contributed by atoms with Gasteiger partial charge in [-0.05, 0) is 24.3 Å². The van der Waals surface area contributed by atoms with Crippen molar-refractivity contribution in [2.24, 2.45) is 0 Å². The summed E-state index contributed by atoms with van der Waals surface area (Å²) in [6.07, 6.45) is 0. The Kier molecular flexibility index (Phi) is 3.78. The highest BCUT2D eigenvalue weighted by Crippen LogP contribution is 2.23. The number of hydrogen-bond donors (Lipinski definition) is 2. The van der Waals surface area contributed by atoms with Gasteiger partial charge in [-0.1, -0.05) is 30.3 Å². The molecule has 0 unspecified atom stereocenters. The zero-order valence-corrected chi connectivity index (χ0v) is 12.9. The smallest absolute Gasteiger partial charge is 0.263 e. The summed E-state index contributed by atoms with van der Waals surface area (Å²) in [5, 5.41) is 0.218. The third-order valence-electron chi connectivity index (χ3n) is 2.87. The average Bonchev–Trinajstić information content (AvgIpc) is 2.96. The summed E-state index contributed by atoms with van der Waals surface area (Å²) in [5.74, 6) is 0.487. The van der Waals surface area contributed by atoms with Gasteiger partial charge < -0.3 is 5.73 Å². The molecule has 112 valence electrons. The molecule has 0 atom stereocenters. The summed E-state index contributed by atoms with van der Waals surface area (Å²) in [6.45, 7) is 0. The molecule has 0 aliphatic carbocycles. The quantitative estimate of drug-likeness (QED) is 0.716. The van der Waals surface area contributed by atoms with Crippen LogP contribution >= 0.6 is 11.5 Å². The van der Waals surface area contributed by atoms with Crippen LogP contribution in [0.5, 0.6) is 0 Å². The van der Waals surface area contributed by atoms with Gasteiger partial charge in [-0.3, -0.25) is 4.72 Å². The molecule has 0 saturated heterocycles. The molecular formula is C14H12N4O2S2. The maximum absolute atomic E-state index is 12.2. The van der Waals surface area contributed by atoms with Gasteiger partial charge >= 0.3 is 0 Å². The van der Waals surface area contributed by atoms with E-state index in [4.69, 9.17) is 5.73 Å². The van der Waals surface area contributed by atoms with E-state index in [9.17, 15) is 8.42 Å². The zero-order valence-electron chi connectivity index (χ0n) is 11.3. The van der Waals surface area contributed by atoms with E-state index in [0.29, 0.717) is 11.5 Å². The fraction of sp³-hybridized carbons (Fsp3) is 0. The van der Waals surface area contributed by atoms with Crippen LogP contribution in [0.3, 0.4) is 0 Å². The maximum atomic E-state index is 12.2. The number of benzene rings is 2. The van der Waals surface area contributed by atoms with E-state index in [-0.39, 0.29) is 10.0 Å². The van der Waals surface area contributed by atoms with Crippen LogP contribution in [0.4, 0.5) is 10.8 Å². The fourth-order valence-electron chi connectivity index (χ4n) is 1.79. The summed E-state index contributed by atoms with van der Waals surface area (Å²) >= 11 is 0.993. The van der Waals surface area contributed by atoms with Crippen molar-refractivity contribution in [3.63, 3.8) is 0 Å². The van der Waals surface area contributed by atoms with Crippen LogP contribution in [0.2, 0.25) is 0 Å². The largest absolute Gasteiger partial charge is 0.399 e. The molecule has 1 aromatic heterocycles. The molecule has 0 aliphatic rings. The molecule has 0 amide bonds. The molecule has 8 heteroatoms. The van der Waals surface area contributed by atoms with Crippen LogP contribution in [0.15, 0.2) is 59.5 Å². The average molecular weight is 332 g/mol. The van der Waals surface area contributed by atoms with Gasteiger partial charge in [-0.25, -0.2) is 8.42 Å². The Labute approximate surface area is 131 Å². The molecule has 3 N–H and O–H groups in total. The first-order valence-corrected chi connectivity index (χ1v) is 8.58. The Balaban J connectivity index is 1.84. The van der Waals surface area contributed by atoms with Gasteiger partial charge in [0.15, 0.2) is 5.82 Å². The molecule has 1 heterocycles. The molecule has 6 nitrogen and oxygen atoms in total. The van der Waals surface area contributed by atoms with Crippen molar-refractivity contribution in [3.8, 4) is 11.4 Å². The van der Waals surface area contributed by atoms with Gasteiger partial charge in [0.1, 0.15) is 0 Å². The van der Waals surface area contributed by atoms with Gasteiger partial charge in [-0.2, -0.15) is 9.36 Å². The first-order chi connectivity index (χ1) is 10.5. The van der Waals surface area contributed by atoms with E-state index < -0.39 is 10.0 Å². The Bertz CT molecular complexity index is 875. The number of nitrogen functional groups attached to an aromatic ring is 1. The van der Waals surface area contributed by atoms with Crippen molar-refractivity contribution in [2.75, 3.05) is 10.5 Å². The normalized spacial score (nSPS) is 11.3. The van der Waals surface area contributed by atoms with Gasteiger partial charge in [0.2, 0.25) is 5.13 Å². The van der Waals surface area contributed by atoms with Gasteiger partial charge in [0.25, 0.3) is 10.0 Å². The predicted octanol–water partition coefficient (Wildman–Crippen LogP) is 2.59. The molecule has 0 saturated carbocycles. The molecule has 0 bridgehead atoms. The Morgan fingerprint density at radius 3 is 2.36 bits per heavy atom. The van der Waals surface area contributed by atoms with Crippen LogP contribution < -0.4 is 10.5 Å². The Hall–Kier alpha value is -2.45. The molecule has 22 heavy (non-hydrogen) atoms. The van der Waals surface area contributed by atoms with Crippen molar-refractivity contribution in [1.29, 1.82) is 0 Å². The van der Waals surface area contributed by atoms with E-state index in [1.165, 1.54) is 24.3 Å². The monoisotopic (exact) mass is 332 g/mol. The number of rotatable bonds is 4. The molecular weight excluding hydrogens is 320 g/mol. The number of aromatic nitrogens is 2. The fourth-order valence-corrected chi connectivity index (χ4v) is 3.60. The number of nitrogens with one attached hydrogen (secondary N) is 1. The third-order valence-corrected chi connectivity index (χ3v) is 4.98. The first-order valence-electron chi connectivity index (χ1n) is 6.32. The Morgan fingerprint density at radius 2 is 1.68 bits per heavy atom. The van der Waals surface area contributed by atoms with Gasteiger partial charge in [0.05, 0.1) is 4.90 Å². The third kappa shape index (κ3) is 3.07. The lowest BCUT2D eigenvalue weighted by Gasteiger charge is -2.04. The van der Waals surface area contributed by atoms with E-state index in [0.717, 1.165) is 17.1 Å². The highest BCUT2D eigenvalue weighted by molar-refractivity contribution is 7.93. The minimum atomic E-state index is -3.70. The predicted molar refractivity (Wildman–Crippen MR) is 87.0 cm³/mol.